The molecule has 0 saturated carbocycles. The van der Waals surface area contributed by atoms with E-state index >= 15 is 0 Å². The van der Waals surface area contributed by atoms with Crippen LogP contribution in [0.3, 0.4) is 0 Å². The number of nitrogen functional groups attached to an aromatic ring is 1. The quantitative estimate of drug-likeness (QED) is 0.822. The van der Waals surface area contributed by atoms with Gasteiger partial charge in [0, 0.05) is 24.8 Å². The maximum Gasteiger partial charge on any atom is 0.224 e. The third-order valence-corrected chi connectivity index (χ3v) is 3.67. The van der Waals surface area contributed by atoms with Gasteiger partial charge in [-0.3, -0.25) is 4.79 Å². The number of aryl methyl sites for hydroxylation is 1. The molecule has 1 aliphatic rings. The van der Waals surface area contributed by atoms with Crippen LogP contribution in [0.2, 0.25) is 0 Å². The minimum Gasteiger partial charge on any atom is -0.397 e. The molecule has 2 aromatic carbocycles. The lowest BCUT2D eigenvalue weighted by Crippen LogP contribution is -2.19. The molecule has 0 atom stereocenters. The number of anilines is 4. The van der Waals surface area contributed by atoms with Crippen LogP contribution >= 0.6 is 0 Å². The first-order valence-corrected chi connectivity index (χ1v) is 6.66. The van der Waals surface area contributed by atoms with E-state index in [-0.39, 0.29) is 5.91 Å². The van der Waals surface area contributed by atoms with Crippen molar-refractivity contribution in [3.05, 3.63) is 48.0 Å². The SMILES string of the molecule is CN(c1ccc2c(c1)CCC(=O)N2)c1ccccc1N. The normalized spacial score (nSPS) is 13.6. The van der Waals surface area contributed by atoms with E-state index in [2.05, 4.69) is 16.3 Å². The number of nitrogens with two attached hydrogens (primary N) is 1. The van der Waals surface area contributed by atoms with Gasteiger partial charge in [-0.15, -0.1) is 0 Å². The molecule has 0 aromatic heterocycles. The molecular weight excluding hydrogens is 250 g/mol. The van der Waals surface area contributed by atoms with Gasteiger partial charge in [0.25, 0.3) is 0 Å². The van der Waals surface area contributed by atoms with Crippen molar-refractivity contribution in [3.63, 3.8) is 0 Å². The van der Waals surface area contributed by atoms with Gasteiger partial charge in [-0.25, -0.2) is 0 Å². The Hall–Kier alpha value is -2.49. The fraction of sp³-hybridized carbons (Fsp3) is 0.188. The van der Waals surface area contributed by atoms with E-state index in [1.165, 1.54) is 5.56 Å². The first-order chi connectivity index (χ1) is 9.65. The molecule has 0 fully saturated rings. The summed E-state index contributed by atoms with van der Waals surface area (Å²) < 4.78 is 0. The van der Waals surface area contributed by atoms with E-state index in [9.17, 15) is 4.79 Å². The summed E-state index contributed by atoms with van der Waals surface area (Å²) in [6.07, 6.45) is 1.33. The number of carbonyl (C=O) groups excluding carboxylic acids is 1. The van der Waals surface area contributed by atoms with E-state index in [0.717, 1.165) is 29.2 Å². The van der Waals surface area contributed by atoms with E-state index in [1.807, 2.05) is 43.4 Å². The Morgan fingerprint density at radius 3 is 2.75 bits per heavy atom. The van der Waals surface area contributed by atoms with E-state index in [4.69, 9.17) is 5.73 Å². The van der Waals surface area contributed by atoms with Gasteiger partial charge in [0.15, 0.2) is 0 Å². The lowest BCUT2D eigenvalue weighted by Gasteiger charge is -2.24. The molecule has 0 saturated heterocycles. The molecule has 0 radical (unpaired) electrons. The molecule has 1 heterocycles. The molecule has 2 aromatic rings. The van der Waals surface area contributed by atoms with Crippen molar-refractivity contribution in [1.29, 1.82) is 0 Å². The second-order valence-electron chi connectivity index (χ2n) is 5.01. The number of nitrogens with one attached hydrogen (secondary N) is 1. The van der Waals surface area contributed by atoms with Crippen LogP contribution < -0.4 is 16.0 Å². The standard InChI is InChI=1S/C16H17N3O/c1-19(15-5-3-2-4-13(15)17)12-7-8-14-11(10-12)6-9-16(20)18-14/h2-5,7-8,10H,6,9,17H2,1H3,(H,18,20). The van der Waals surface area contributed by atoms with Crippen LogP contribution in [0, 0.1) is 0 Å². The Morgan fingerprint density at radius 1 is 1.15 bits per heavy atom. The summed E-state index contributed by atoms with van der Waals surface area (Å²) in [4.78, 5) is 13.4. The average molecular weight is 267 g/mol. The maximum atomic E-state index is 11.4. The maximum absolute atomic E-state index is 11.4. The number of rotatable bonds is 2. The smallest absolute Gasteiger partial charge is 0.224 e. The highest BCUT2D eigenvalue weighted by Crippen LogP contribution is 2.32. The fourth-order valence-electron chi connectivity index (χ4n) is 2.51. The molecule has 0 spiro atoms. The number of para-hydroxylation sites is 2. The van der Waals surface area contributed by atoms with Crippen molar-refractivity contribution in [2.45, 2.75) is 12.8 Å². The first-order valence-electron chi connectivity index (χ1n) is 6.66. The van der Waals surface area contributed by atoms with E-state index in [0.29, 0.717) is 6.42 Å². The molecule has 20 heavy (non-hydrogen) atoms. The summed E-state index contributed by atoms with van der Waals surface area (Å²) in [6, 6.07) is 13.9. The molecule has 1 aliphatic heterocycles. The molecule has 4 heteroatoms. The van der Waals surface area contributed by atoms with E-state index < -0.39 is 0 Å². The van der Waals surface area contributed by atoms with Gasteiger partial charge in [-0.2, -0.15) is 0 Å². The molecule has 1 amide bonds. The number of fused-ring (bicyclic) bond motifs is 1. The Balaban J connectivity index is 1.95. The molecule has 3 rings (SSSR count). The number of hydrogen-bond donors (Lipinski definition) is 2. The minimum absolute atomic E-state index is 0.0888. The van der Waals surface area contributed by atoms with Gasteiger partial charge in [-0.1, -0.05) is 12.1 Å². The zero-order valence-electron chi connectivity index (χ0n) is 11.4. The van der Waals surface area contributed by atoms with Crippen molar-refractivity contribution >= 4 is 28.7 Å². The first kappa shape index (κ1) is 12.5. The van der Waals surface area contributed by atoms with Crippen molar-refractivity contribution < 1.29 is 4.79 Å². The summed E-state index contributed by atoms with van der Waals surface area (Å²) >= 11 is 0. The molecule has 102 valence electrons. The van der Waals surface area contributed by atoms with Crippen LogP contribution in [-0.4, -0.2) is 13.0 Å². The monoisotopic (exact) mass is 267 g/mol. The predicted molar refractivity (Wildman–Crippen MR) is 82.3 cm³/mol. The van der Waals surface area contributed by atoms with Crippen molar-refractivity contribution in [2.75, 3.05) is 23.0 Å². The number of amides is 1. The topological polar surface area (TPSA) is 58.4 Å². The highest BCUT2D eigenvalue weighted by atomic mass is 16.1. The van der Waals surface area contributed by atoms with Crippen molar-refractivity contribution in [2.24, 2.45) is 0 Å². The Kier molecular flexibility index (Phi) is 3.06. The largest absolute Gasteiger partial charge is 0.397 e. The van der Waals surface area contributed by atoms with Gasteiger partial charge >= 0.3 is 0 Å². The van der Waals surface area contributed by atoms with Crippen LogP contribution in [0.5, 0.6) is 0 Å². The van der Waals surface area contributed by atoms with Gasteiger partial charge in [0.05, 0.1) is 11.4 Å². The molecular formula is C16H17N3O. The van der Waals surface area contributed by atoms with Gasteiger partial charge in [0.2, 0.25) is 5.91 Å². The van der Waals surface area contributed by atoms with Crippen molar-refractivity contribution in [3.8, 4) is 0 Å². The summed E-state index contributed by atoms with van der Waals surface area (Å²) in [5.74, 6) is 0.0888. The third-order valence-electron chi connectivity index (χ3n) is 3.67. The van der Waals surface area contributed by atoms with Crippen molar-refractivity contribution in [1.82, 2.24) is 0 Å². The number of hydrogen-bond acceptors (Lipinski definition) is 3. The lowest BCUT2D eigenvalue weighted by molar-refractivity contribution is -0.116. The van der Waals surface area contributed by atoms with Gasteiger partial charge in [0.1, 0.15) is 0 Å². The zero-order chi connectivity index (χ0) is 14.1. The van der Waals surface area contributed by atoms with Gasteiger partial charge < -0.3 is 16.0 Å². The summed E-state index contributed by atoms with van der Waals surface area (Å²) in [5, 5.41) is 2.90. The summed E-state index contributed by atoms with van der Waals surface area (Å²) in [5.41, 5.74) is 10.9. The van der Waals surface area contributed by atoms with Crippen LogP contribution in [0.25, 0.3) is 0 Å². The van der Waals surface area contributed by atoms with Crippen LogP contribution in [-0.2, 0) is 11.2 Å². The molecule has 0 aliphatic carbocycles. The van der Waals surface area contributed by atoms with Crippen LogP contribution in [0.1, 0.15) is 12.0 Å². The number of nitrogens with zero attached hydrogens (tertiary/aromatic N) is 1. The highest BCUT2D eigenvalue weighted by molar-refractivity contribution is 5.94. The molecule has 0 bridgehead atoms. The highest BCUT2D eigenvalue weighted by Gasteiger charge is 2.16. The average Bonchev–Trinajstić information content (AvgIpc) is 2.46. The predicted octanol–water partition coefficient (Wildman–Crippen LogP) is 2.92. The molecule has 3 N–H and O–H groups in total. The summed E-state index contributed by atoms with van der Waals surface area (Å²) in [7, 11) is 1.99. The molecule has 0 unspecified atom stereocenters. The Labute approximate surface area is 118 Å². The second-order valence-corrected chi connectivity index (χ2v) is 5.01. The van der Waals surface area contributed by atoms with Gasteiger partial charge in [-0.05, 0) is 42.3 Å². The number of carbonyl (C=O) groups is 1. The fourth-order valence-corrected chi connectivity index (χ4v) is 2.51. The molecule has 4 nitrogen and oxygen atoms in total. The minimum atomic E-state index is 0.0888. The Bertz CT molecular complexity index is 667. The zero-order valence-corrected chi connectivity index (χ0v) is 11.4. The Morgan fingerprint density at radius 2 is 1.95 bits per heavy atom. The lowest BCUT2D eigenvalue weighted by atomic mass is 10.0. The van der Waals surface area contributed by atoms with E-state index in [1.54, 1.807) is 0 Å². The summed E-state index contributed by atoms with van der Waals surface area (Å²) in [6.45, 7) is 0. The third kappa shape index (κ3) is 2.20. The van der Waals surface area contributed by atoms with Crippen LogP contribution in [0.15, 0.2) is 42.5 Å². The number of benzene rings is 2. The second kappa shape index (κ2) is 4.89. The van der Waals surface area contributed by atoms with Crippen LogP contribution in [0.4, 0.5) is 22.7 Å².